The van der Waals surface area contributed by atoms with Crippen LogP contribution >= 0.6 is 24.4 Å². The molecular weight excluding hydrogens is 404 g/mol. The summed E-state index contributed by atoms with van der Waals surface area (Å²) in [6, 6.07) is 0. The summed E-state index contributed by atoms with van der Waals surface area (Å²) in [5.41, 5.74) is 1.41. The summed E-state index contributed by atoms with van der Waals surface area (Å²) in [4.78, 5) is 27.1. The fourth-order valence-corrected chi connectivity index (χ4v) is 2.88. The van der Waals surface area contributed by atoms with E-state index in [1.165, 1.54) is 39.9 Å². The van der Waals surface area contributed by atoms with E-state index in [0.717, 1.165) is 0 Å². The number of aromatic nitrogens is 4. The Morgan fingerprint density at radius 2 is 1.71 bits per heavy atom. The molecule has 0 aromatic carbocycles. The second kappa shape index (κ2) is 8.98. The topological polar surface area (TPSA) is 114 Å². The molecule has 0 aliphatic rings. The maximum Gasteiger partial charge on any atom is 0.266 e. The minimum absolute atomic E-state index is 0.0510. The first kappa shape index (κ1) is 21.6. The molecule has 9 nitrogen and oxygen atoms in total. The first-order valence-electron chi connectivity index (χ1n) is 8.17. The molecule has 2 aromatic heterocycles. The third kappa shape index (κ3) is 4.23. The van der Waals surface area contributed by atoms with Gasteiger partial charge in [-0.15, -0.1) is 5.73 Å². The van der Waals surface area contributed by atoms with Crippen LogP contribution in [-0.4, -0.2) is 42.6 Å². The van der Waals surface area contributed by atoms with Crippen LogP contribution in [-0.2, 0) is 25.4 Å². The molecule has 0 aliphatic carbocycles. The fraction of sp³-hybridized carbons (Fsp3) is 0.353. The maximum absolute atomic E-state index is 12.7. The van der Waals surface area contributed by atoms with Crippen LogP contribution in [0.5, 0.6) is 11.8 Å². The van der Waals surface area contributed by atoms with E-state index in [-0.39, 0.29) is 32.4 Å². The summed E-state index contributed by atoms with van der Waals surface area (Å²) >= 11 is 10.1. The van der Waals surface area contributed by atoms with E-state index in [1.807, 2.05) is 0 Å². The predicted molar refractivity (Wildman–Crippen MR) is 110 cm³/mol. The number of hydrogen-bond acceptors (Lipinski definition) is 7. The van der Waals surface area contributed by atoms with Crippen molar-refractivity contribution in [3.8, 4) is 11.8 Å². The van der Waals surface area contributed by atoms with Gasteiger partial charge in [-0.05, 0) is 43.0 Å². The van der Waals surface area contributed by atoms with Crippen molar-refractivity contribution < 1.29 is 14.9 Å². The highest BCUT2D eigenvalue weighted by atomic mass is 32.1. The van der Waals surface area contributed by atoms with Gasteiger partial charge in [0.2, 0.25) is 11.8 Å². The lowest BCUT2D eigenvalue weighted by Crippen LogP contribution is -2.27. The molecule has 2 aromatic rings. The van der Waals surface area contributed by atoms with Gasteiger partial charge in [-0.1, -0.05) is 0 Å². The Labute approximate surface area is 170 Å². The molecule has 0 fully saturated rings. The van der Waals surface area contributed by atoms with E-state index < -0.39 is 11.1 Å². The lowest BCUT2D eigenvalue weighted by molar-refractivity contribution is 0.189. The Bertz CT molecular complexity index is 1200. The number of H-pyrrole nitrogens is 1. The number of hydrogen-bond donors (Lipinski definition) is 3. The van der Waals surface area contributed by atoms with Crippen molar-refractivity contribution in [2.24, 2.45) is 14.1 Å². The van der Waals surface area contributed by atoms with Gasteiger partial charge < -0.3 is 14.9 Å². The lowest BCUT2D eigenvalue weighted by atomic mass is 10.2. The van der Waals surface area contributed by atoms with Crippen LogP contribution in [0.3, 0.4) is 0 Å². The zero-order valence-corrected chi connectivity index (χ0v) is 17.2. The number of nitrogens with zero attached hydrogens (tertiary/aromatic N) is 3. The Hall–Kier alpha value is -2.72. The van der Waals surface area contributed by atoms with Crippen LogP contribution in [0, 0.1) is 9.54 Å². The van der Waals surface area contributed by atoms with E-state index in [4.69, 9.17) is 29.2 Å². The van der Waals surface area contributed by atoms with Crippen LogP contribution in [0.4, 0.5) is 0 Å². The van der Waals surface area contributed by atoms with Crippen LogP contribution < -0.4 is 11.1 Å². The molecule has 2 heterocycles. The number of ether oxygens (including phenoxy) is 1. The summed E-state index contributed by atoms with van der Waals surface area (Å²) < 4.78 is 9.08. The molecule has 0 saturated carbocycles. The Kier molecular flexibility index (Phi) is 6.92. The first-order valence-corrected chi connectivity index (χ1v) is 8.98. The molecular formula is C17H20N4O5S2. The minimum Gasteiger partial charge on any atom is -0.494 e. The molecule has 0 bridgehead atoms. The van der Waals surface area contributed by atoms with E-state index in [2.05, 4.69) is 10.7 Å². The van der Waals surface area contributed by atoms with Gasteiger partial charge >= 0.3 is 0 Å². The van der Waals surface area contributed by atoms with Crippen molar-refractivity contribution in [2.75, 3.05) is 13.7 Å². The maximum atomic E-state index is 12.7. The number of nitrogens with one attached hydrogen (secondary N) is 1. The number of rotatable bonds is 6. The van der Waals surface area contributed by atoms with Crippen molar-refractivity contribution in [1.29, 1.82) is 0 Å². The summed E-state index contributed by atoms with van der Waals surface area (Å²) in [5.74, 6) is -0.675. The quantitative estimate of drug-likeness (QED) is 0.365. The summed E-state index contributed by atoms with van der Waals surface area (Å²) in [7, 11) is 4.58. The highest BCUT2D eigenvalue weighted by Crippen LogP contribution is 2.15. The molecule has 0 amide bonds. The van der Waals surface area contributed by atoms with Gasteiger partial charge in [-0.2, -0.15) is 0 Å². The Morgan fingerprint density at radius 3 is 2.36 bits per heavy atom. The van der Waals surface area contributed by atoms with Crippen LogP contribution in [0.15, 0.2) is 15.3 Å². The highest BCUT2D eigenvalue weighted by molar-refractivity contribution is 7.71. The van der Waals surface area contributed by atoms with E-state index in [0.29, 0.717) is 19.6 Å². The number of methoxy groups -OCH3 is 1. The molecule has 150 valence electrons. The largest absolute Gasteiger partial charge is 0.494 e. The molecule has 2 rings (SSSR count). The summed E-state index contributed by atoms with van der Waals surface area (Å²) in [6.45, 7) is 0.773. The van der Waals surface area contributed by atoms with Crippen LogP contribution in [0.25, 0.3) is 12.2 Å². The molecule has 11 heteroatoms. The Morgan fingerprint density at radius 1 is 1.11 bits per heavy atom. The van der Waals surface area contributed by atoms with Gasteiger partial charge in [0.25, 0.3) is 11.1 Å². The average molecular weight is 425 g/mol. The summed E-state index contributed by atoms with van der Waals surface area (Å²) in [6.07, 6.45) is 2.98. The monoisotopic (exact) mass is 424 g/mol. The zero-order chi connectivity index (χ0) is 21.0. The van der Waals surface area contributed by atoms with Crippen molar-refractivity contribution >= 4 is 36.6 Å². The lowest BCUT2D eigenvalue weighted by Gasteiger charge is -2.12. The van der Waals surface area contributed by atoms with Gasteiger partial charge in [-0.3, -0.25) is 28.3 Å². The van der Waals surface area contributed by atoms with Crippen molar-refractivity contribution in [3.05, 3.63) is 47.1 Å². The van der Waals surface area contributed by atoms with Crippen molar-refractivity contribution in [2.45, 2.75) is 13.0 Å². The van der Waals surface area contributed by atoms with E-state index in [9.17, 15) is 19.8 Å². The van der Waals surface area contributed by atoms with Gasteiger partial charge in [0.15, 0.2) is 9.54 Å². The molecule has 28 heavy (non-hydrogen) atoms. The normalized spacial score (nSPS) is 10.5. The smallest absolute Gasteiger partial charge is 0.266 e. The average Bonchev–Trinajstić information content (AvgIpc) is 2.66. The minimum atomic E-state index is -0.603. The zero-order valence-electron chi connectivity index (χ0n) is 15.6. The van der Waals surface area contributed by atoms with Crippen LogP contribution in [0.2, 0.25) is 0 Å². The molecule has 0 unspecified atom stereocenters. The van der Waals surface area contributed by atoms with Crippen LogP contribution in [0.1, 0.15) is 17.5 Å². The molecule has 0 atom stereocenters. The SMILES string of the molecule is COCCCn1c(=O)c(C=C=Cc2c(O)n(C)c(=S)[nH]c2=O)c(O)n(C)c1=S. The Balaban J connectivity index is 2.58. The standard InChI is InChI=1S/C17H20N4O5S2/c1-19-13(23)10(12(22)18-16(19)27)6-4-7-11-14(24)20(2)17(28)21(15(11)25)8-5-9-26-3/h6-7,23-24H,5,8-9H2,1-3H3,(H,18,22,27). The molecule has 0 aliphatic heterocycles. The van der Waals surface area contributed by atoms with Crippen molar-refractivity contribution in [1.82, 2.24) is 18.7 Å². The van der Waals surface area contributed by atoms with Gasteiger partial charge in [0.05, 0.1) is 0 Å². The van der Waals surface area contributed by atoms with Crippen molar-refractivity contribution in [3.63, 3.8) is 0 Å². The molecule has 0 spiro atoms. The predicted octanol–water partition coefficient (Wildman–Crippen LogP) is 1.45. The number of aromatic amines is 1. The summed E-state index contributed by atoms with van der Waals surface area (Å²) in [5, 5.41) is 20.3. The van der Waals surface area contributed by atoms with Gasteiger partial charge in [0.1, 0.15) is 11.1 Å². The fourth-order valence-electron chi connectivity index (χ4n) is 2.44. The van der Waals surface area contributed by atoms with E-state index >= 15 is 0 Å². The molecule has 0 saturated heterocycles. The molecule has 3 N–H and O–H groups in total. The second-order valence-electron chi connectivity index (χ2n) is 5.89. The third-order valence-corrected chi connectivity index (χ3v) is 4.94. The first-order chi connectivity index (χ1) is 13.2. The van der Waals surface area contributed by atoms with Gasteiger partial charge in [-0.25, -0.2) is 0 Å². The third-order valence-electron chi connectivity index (χ3n) is 4.07. The number of aromatic hydroxyl groups is 2. The second-order valence-corrected chi connectivity index (χ2v) is 6.64. The van der Waals surface area contributed by atoms with E-state index in [1.54, 1.807) is 7.11 Å². The highest BCUT2D eigenvalue weighted by Gasteiger charge is 2.13. The molecule has 0 radical (unpaired) electrons. The van der Waals surface area contributed by atoms with Gasteiger partial charge in [0, 0.05) is 34.4 Å².